The van der Waals surface area contributed by atoms with E-state index in [4.69, 9.17) is 4.74 Å². The van der Waals surface area contributed by atoms with Crippen molar-refractivity contribution >= 4 is 6.09 Å². The summed E-state index contributed by atoms with van der Waals surface area (Å²) < 4.78 is 5.40. The highest BCUT2D eigenvalue weighted by atomic mass is 16.6. The summed E-state index contributed by atoms with van der Waals surface area (Å²) in [7, 11) is 0. The van der Waals surface area contributed by atoms with Gasteiger partial charge in [0.25, 0.3) is 0 Å². The van der Waals surface area contributed by atoms with Gasteiger partial charge in [-0.3, -0.25) is 0 Å². The van der Waals surface area contributed by atoms with Gasteiger partial charge in [-0.2, -0.15) is 0 Å². The Morgan fingerprint density at radius 2 is 2.22 bits per heavy atom. The second-order valence-electron chi connectivity index (χ2n) is 6.51. The van der Waals surface area contributed by atoms with Crippen LogP contribution in [0.3, 0.4) is 0 Å². The van der Waals surface area contributed by atoms with Crippen LogP contribution < -0.4 is 5.32 Å². The lowest BCUT2D eigenvalue weighted by Crippen LogP contribution is -2.52. The number of piperidine rings is 1. The van der Waals surface area contributed by atoms with Crippen LogP contribution in [0.1, 0.15) is 33.6 Å². The predicted octanol–water partition coefficient (Wildman–Crippen LogP) is 0.968. The summed E-state index contributed by atoms with van der Waals surface area (Å²) in [6.45, 7) is 8.35. The molecule has 1 amide bonds. The molecule has 2 fully saturated rings. The van der Waals surface area contributed by atoms with Crippen LogP contribution in [0.25, 0.3) is 0 Å². The lowest BCUT2D eigenvalue weighted by Gasteiger charge is -2.42. The van der Waals surface area contributed by atoms with Gasteiger partial charge in [0, 0.05) is 31.6 Å². The Bertz CT molecular complexity index is 327. The molecule has 0 saturated carbocycles. The maximum Gasteiger partial charge on any atom is 0.410 e. The van der Waals surface area contributed by atoms with Crippen molar-refractivity contribution in [1.82, 2.24) is 10.2 Å². The second-order valence-corrected chi connectivity index (χ2v) is 6.51. The summed E-state index contributed by atoms with van der Waals surface area (Å²) >= 11 is 0. The Labute approximate surface area is 108 Å². The lowest BCUT2D eigenvalue weighted by atomic mass is 9.77. The summed E-state index contributed by atoms with van der Waals surface area (Å²) in [5.41, 5.74) is -0.636. The third-order valence-electron chi connectivity index (χ3n) is 3.78. The molecule has 5 nitrogen and oxygen atoms in total. The Hall–Kier alpha value is -0.810. The zero-order valence-corrected chi connectivity index (χ0v) is 11.5. The minimum atomic E-state index is -0.464. The Kier molecular flexibility index (Phi) is 3.56. The number of β-amino-alcohol motifs (C(OH)–C–C–N with tert-alkyl or cyclic N) is 1. The Morgan fingerprint density at radius 3 is 2.78 bits per heavy atom. The highest BCUT2D eigenvalue weighted by Gasteiger charge is 2.46. The fourth-order valence-corrected chi connectivity index (χ4v) is 2.85. The van der Waals surface area contributed by atoms with Gasteiger partial charge in [0.1, 0.15) is 5.60 Å². The van der Waals surface area contributed by atoms with Gasteiger partial charge in [0.05, 0.1) is 6.10 Å². The predicted molar refractivity (Wildman–Crippen MR) is 68.4 cm³/mol. The zero-order valence-electron chi connectivity index (χ0n) is 11.5. The average Bonchev–Trinajstić information content (AvgIpc) is 2.58. The zero-order chi connectivity index (χ0) is 13.4. The van der Waals surface area contributed by atoms with E-state index in [2.05, 4.69) is 5.32 Å². The third kappa shape index (κ3) is 2.78. The number of rotatable bonds is 0. The molecular formula is C13H24N2O3. The van der Waals surface area contributed by atoms with Crippen LogP contribution in [0, 0.1) is 5.41 Å². The molecule has 5 heteroatoms. The molecule has 1 spiro atoms. The maximum atomic E-state index is 12.1. The maximum absolute atomic E-state index is 12.1. The fraction of sp³-hybridized carbons (Fsp3) is 0.923. The van der Waals surface area contributed by atoms with Gasteiger partial charge < -0.3 is 20.1 Å². The fourth-order valence-electron chi connectivity index (χ4n) is 2.85. The normalized spacial score (nSPS) is 32.9. The number of likely N-dealkylation sites (tertiary alicyclic amines) is 1. The van der Waals surface area contributed by atoms with Gasteiger partial charge in [0.15, 0.2) is 0 Å². The molecule has 2 unspecified atom stereocenters. The number of hydrogen-bond acceptors (Lipinski definition) is 4. The molecule has 104 valence electrons. The van der Waals surface area contributed by atoms with Crippen LogP contribution in [-0.4, -0.2) is 54.0 Å². The summed E-state index contributed by atoms with van der Waals surface area (Å²) in [6.07, 6.45) is 1.28. The molecule has 2 aliphatic heterocycles. The molecule has 0 radical (unpaired) electrons. The SMILES string of the molecule is CC(C)(C)OC(=O)N1CCCC2(CNCC2O)C1. The van der Waals surface area contributed by atoms with E-state index in [1.54, 1.807) is 4.90 Å². The third-order valence-corrected chi connectivity index (χ3v) is 3.78. The highest BCUT2D eigenvalue weighted by Crippen LogP contribution is 2.36. The molecule has 2 heterocycles. The van der Waals surface area contributed by atoms with Crippen LogP contribution in [0.2, 0.25) is 0 Å². The van der Waals surface area contributed by atoms with Gasteiger partial charge in [-0.15, -0.1) is 0 Å². The van der Waals surface area contributed by atoms with Crippen LogP contribution >= 0.6 is 0 Å². The van der Waals surface area contributed by atoms with E-state index in [1.807, 2.05) is 20.8 Å². The van der Waals surface area contributed by atoms with Crippen molar-refractivity contribution in [3.05, 3.63) is 0 Å². The number of carbonyl (C=O) groups is 1. The van der Waals surface area contributed by atoms with E-state index in [0.29, 0.717) is 13.1 Å². The molecule has 0 aromatic rings. The summed E-state index contributed by atoms with van der Waals surface area (Å²) in [5, 5.41) is 13.3. The standard InChI is InChI=1S/C13H24N2O3/c1-12(2,3)18-11(17)15-6-4-5-13(9-15)8-14-7-10(13)16/h10,14,16H,4-9H2,1-3H3. The molecule has 2 N–H and O–H groups in total. The van der Waals surface area contributed by atoms with E-state index in [9.17, 15) is 9.90 Å². The molecule has 2 aliphatic rings. The van der Waals surface area contributed by atoms with E-state index < -0.39 is 5.60 Å². The quantitative estimate of drug-likeness (QED) is 0.678. The van der Waals surface area contributed by atoms with Crippen molar-refractivity contribution in [2.45, 2.75) is 45.3 Å². The minimum Gasteiger partial charge on any atom is -0.444 e. The van der Waals surface area contributed by atoms with Crippen molar-refractivity contribution in [2.75, 3.05) is 26.2 Å². The number of ether oxygens (including phenoxy) is 1. The first-order chi connectivity index (χ1) is 8.32. The molecule has 2 saturated heterocycles. The van der Waals surface area contributed by atoms with Crippen molar-refractivity contribution in [1.29, 1.82) is 0 Å². The largest absolute Gasteiger partial charge is 0.444 e. The number of amides is 1. The first kappa shape index (κ1) is 13.6. The van der Waals surface area contributed by atoms with Crippen molar-refractivity contribution in [3.63, 3.8) is 0 Å². The number of nitrogens with zero attached hydrogens (tertiary/aromatic N) is 1. The van der Waals surface area contributed by atoms with Crippen LogP contribution in [-0.2, 0) is 4.74 Å². The Balaban J connectivity index is 2.01. The number of aliphatic hydroxyl groups excluding tert-OH is 1. The van der Waals surface area contributed by atoms with E-state index >= 15 is 0 Å². The van der Waals surface area contributed by atoms with Gasteiger partial charge >= 0.3 is 6.09 Å². The topological polar surface area (TPSA) is 61.8 Å². The summed E-state index contributed by atoms with van der Waals surface area (Å²) in [4.78, 5) is 13.8. The lowest BCUT2D eigenvalue weighted by molar-refractivity contribution is -0.0195. The number of nitrogens with one attached hydrogen (secondary N) is 1. The molecule has 2 atom stereocenters. The first-order valence-electron chi connectivity index (χ1n) is 6.69. The van der Waals surface area contributed by atoms with Crippen molar-refractivity contribution in [3.8, 4) is 0 Å². The van der Waals surface area contributed by atoms with Crippen LogP contribution in [0.5, 0.6) is 0 Å². The molecule has 0 aromatic carbocycles. The number of carbonyl (C=O) groups excluding carboxylic acids is 1. The average molecular weight is 256 g/mol. The van der Waals surface area contributed by atoms with E-state index in [1.165, 1.54) is 0 Å². The summed E-state index contributed by atoms with van der Waals surface area (Å²) in [6, 6.07) is 0. The molecule has 2 rings (SSSR count). The highest BCUT2D eigenvalue weighted by molar-refractivity contribution is 5.68. The van der Waals surface area contributed by atoms with E-state index in [-0.39, 0.29) is 17.6 Å². The van der Waals surface area contributed by atoms with Crippen molar-refractivity contribution in [2.24, 2.45) is 5.41 Å². The number of aliphatic hydroxyl groups is 1. The van der Waals surface area contributed by atoms with Crippen molar-refractivity contribution < 1.29 is 14.6 Å². The number of hydrogen-bond donors (Lipinski definition) is 2. The second kappa shape index (κ2) is 4.70. The molecule has 0 bridgehead atoms. The van der Waals surface area contributed by atoms with Gasteiger partial charge in [-0.1, -0.05) is 0 Å². The van der Waals surface area contributed by atoms with Crippen LogP contribution in [0.4, 0.5) is 4.79 Å². The van der Waals surface area contributed by atoms with Crippen LogP contribution in [0.15, 0.2) is 0 Å². The Morgan fingerprint density at radius 1 is 1.50 bits per heavy atom. The minimum absolute atomic E-state index is 0.171. The van der Waals surface area contributed by atoms with Gasteiger partial charge in [0.2, 0.25) is 0 Å². The molecular weight excluding hydrogens is 232 g/mol. The summed E-state index contributed by atoms with van der Waals surface area (Å²) in [5.74, 6) is 0. The molecule has 0 aromatic heterocycles. The van der Waals surface area contributed by atoms with Gasteiger partial charge in [-0.05, 0) is 33.6 Å². The first-order valence-corrected chi connectivity index (χ1v) is 6.69. The molecule has 18 heavy (non-hydrogen) atoms. The smallest absolute Gasteiger partial charge is 0.410 e. The molecule has 0 aliphatic carbocycles. The van der Waals surface area contributed by atoms with Gasteiger partial charge in [-0.25, -0.2) is 4.79 Å². The monoisotopic (exact) mass is 256 g/mol. The van der Waals surface area contributed by atoms with E-state index in [0.717, 1.165) is 25.9 Å².